The summed E-state index contributed by atoms with van der Waals surface area (Å²) >= 11 is 5.88. The first kappa shape index (κ1) is 9.68. The molecular formula is C13H15ClO. The summed E-state index contributed by atoms with van der Waals surface area (Å²) in [6, 6.07) is 8.11. The van der Waals surface area contributed by atoms with Crippen molar-refractivity contribution >= 4 is 11.6 Å². The van der Waals surface area contributed by atoms with E-state index in [2.05, 4.69) is 12.1 Å². The van der Waals surface area contributed by atoms with E-state index in [9.17, 15) is 0 Å². The van der Waals surface area contributed by atoms with E-state index in [1.165, 1.54) is 31.2 Å². The molecule has 0 N–H and O–H groups in total. The van der Waals surface area contributed by atoms with E-state index in [4.69, 9.17) is 16.3 Å². The second-order valence-corrected chi connectivity index (χ2v) is 5.21. The van der Waals surface area contributed by atoms with Crippen LogP contribution < -0.4 is 0 Å². The largest absolute Gasteiger partial charge is 0.365 e. The standard InChI is InChI=1S/C13H15ClO/c14-12-5-3-11(4-6-12)13(9-15-13)8-7-10-1-2-10/h3-6,10H,1-2,7-9H2. The van der Waals surface area contributed by atoms with Gasteiger partial charge < -0.3 is 4.74 Å². The zero-order valence-electron chi connectivity index (χ0n) is 8.71. The van der Waals surface area contributed by atoms with Crippen molar-refractivity contribution in [3.05, 3.63) is 34.9 Å². The van der Waals surface area contributed by atoms with Gasteiger partial charge in [0.15, 0.2) is 0 Å². The van der Waals surface area contributed by atoms with E-state index >= 15 is 0 Å². The van der Waals surface area contributed by atoms with E-state index in [-0.39, 0.29) is 5.60 Å². The van der Waals surface area contributed by atoms with Crippen LogP contribution in [0, 0.1) is 5.92 Å². The zero-order chi connectivity index (χ0) is 10.3. The predicted molar refractivity (Wildman–Crippen MR) is 61.0 cm³/mol. The molecule has 0 radical (unpaired) electrons. The fraction of sp³-hybridized carbons (Fsp3) is 0.538. The molecule has 1 heterocycles. The molecule has 2 aliphatic rings. The van der Waals surface area contributed by atoms with Gasteiger partial charge in [-0.25, -0.2) is 0 Å². The molecule has 1 aromatic carbocycles. The van der Waals surface area contributed by atoms with Gasteiger partial charge in [0.25, 0.3) is 0 Å². The van der Waals surface area contributed by atoms with Crippen LogP contribution in [-0.2, 0) is 10.3 Å². The minimum atomic E-state index is 0.0488. The molecule has 1 saturated heterocycles. The van der Waals surface area contributed by atoms with Crippen molar-refractivity contribution in [3.8, 4) is 0 Å². The molecule has 2 heteroatoms. The maximum Gasteiger partial charge on any atom is 0.117 e. The van der Waals surface area contributed by atoms with Crippen molar-refractivity contribution in [3.63, 3.8) is 0 Å². The highest BCUT2D eigenvalue weighted by Crippen LogP contribution is 2.46. The molecule has 80 valence electrons. The Morgan fingerprint density at radius 1 is 1.27 bits per heavy atom. The molecule has 0 aromatic heterocycles. The molecule has 1 atom stereocenters. The highest BCUT2D eigenvalue weighted by molar-refractivity contribution is 6.30. The first-order chi connectivity index (χ1) is 7.28. The molecule has 0 spiro atoms. The molecule has 2 fully saturated rings. The zero-order valence-corrected chi connectivity index (χ0v) is 9.46. The van der Waals surface area contributed by atoms with E-state index in [0.29, 0.717) is 0 Å². The average molecular weight is 223 g/mol. The van der Waals surface area contributed by atoms with Crippen LogP contribution in [0.1, 0.15) is 31.2 Å². The van der Waals surface area contributed by atoms with Crippen LogP contribution in [0.25, 0.3) is 0 Å². The summed E-state index contributed by atoms with van der Waals surface area (Å²) in [4.78, 5) is 0. The van der Waals surface area contributed by atoms with Crippen LogP contribution >= 0.6 is 11.6 Å². The van der Waals surface area contributed by atoms with Crippen molar-refractivity contribution < 1.29 is 4.74 Å². The molecule has 0 amide bonds. The summed E-state index contributed by atoms with van der Waals surface area (Å²) in [5.41, 5.74) is 1.35. The van der Waals surface area contributed by atoms with E-state index in [1.807, 2.05) is 12.1 Å². The van der Waals surface area contributed by atoms with Crippen LogP contribution in [-0.4, -0.2) is 6.61 Å². The number of hydrogen-bond acceptors (Lipinski definition) is 1. The summed E-state index contributed by atoms with van der Waals surface area (Å²) in [5.74, 6) is 0.985. The SMILES string of the molecule is Clc1ccc(C2(CCC3CC3)CO2)cc1. The molecule has 0 bridgehead atoms. The minimum absolute atomic E-state index is 0.0488. The number of rotatable bonds is 4. The van der Waals surface area contributed by atoms with Gasteiger partial charge in [0.05, 0.1) is 6.61 Å². The first-order valence-corrected chi connectivity index (χ1v) is 6.06. The molecule has 3 rings (SSSR count). The van der Waals surface area contributed by atoms with Crippen LogP contribution in [0.2, 0.25) is 5.02 Å². The van der Waals surface area contributed by atoms with Gasteiger partial charge >= 0.3 is 0 Å². The number of epoxide rings is 1. The molecule has 15 heavy (non-hydrogen) atoms. The van der Waals surface area contributed by atoms with Gasteiger partial charge in [0.2, 0.25) is 0 Å². The smallest absolute Gasteiger partial charge is 0.117 e. The lowest BCUT2D eigenvalue weighted by molar-refractivity contribution is 0.284. The fourth-order valence-electron chi connectivity index (χ4n) is 2.14. The summed E-state index contributed by atoms with van der Waals surface area (Å²) in [5, 5.41) is 0.803. The molecule has 1 aliphatic carbocycles. The van der Waals surface area contributed by atoms with Crippen molar-refractivity contribution in [2.75, 3.05) is 6.61 Å². The van der Waals surface area contributed by atoms with Crippen molar-refractivity contribution in [2.24, 2.45) is 5.92 Å². The normalized spacial score (nSPS) is 29.1. The lowest BCUT2D eigenvalue weighted by Gasteiger charge is -2.11. The topological polar surface area (TPSA) is 12.5 Å². The third-order valence-electron chi connectivity index (χ3n) is 3.52. The lowest BCUT2D eigenvalue weighted by atomic mass is 9.94. The van der Waals surface area contributed by atoms with E-state index < -0.39 is 0 Å². The summed E-state index contributed by atoms with van der Waals surface area (Å²) < 4.78 is 5.66. The van der Waals surface area contributed by atoms with Crippen LogP contribution in [0.15, 0.2) is 24.3 Å². The number of benzene rings is 1. The molecule has 1 aromatic rings. The Morgan fingerprint density at radius 3 is 2.47 bits per heavy atom. The Bertz CT molecular complexity index is 349. The van der Waals surface area contributed by atoms with E-state index in [0.717, 1.165) is 17.5 Å². The Hall–Kier alpha value is -0.530. The molecule has 1 nitrogen and oxygen atoms in total. The Kier molecular flexibility index (Phi) is 2.26. The lowest BCUT2D eigenvalue weighted by Crippen LogP contribution is -2.08. The second kappa shape index (κ2) is 3.50. The van der Waals surface area contributed by atoms with Gasteiger partial charge in [-0.05, 0) is 36.5 Å². The van der Waals surface area contributed by atoms with Crippen molar-refractivity contribution in [1.29, 1.82) is 0 Å². The van der Waals surface area contributed by atoms with Gasteiger partial charge in [-0.3, -0.25) is 0 Å². The summed E-state index contributed by atoms with van der Waals surface area (Å²) in [6.07, 6.45) is 5.36. The predicted octanol–water partition coefficient (Wildman–Crippen LogP) is 3.76. The van der Waals surface area contributed by atoms with E-state index in [1.54, 1.807) is 0 Å². The minimum Gasteiger partial charge on any atom is -0.365 e. The molecule has 1 aliphatic heterocycles. The number of ether oxygens (including phenoxy) is 1. The second-order valence-electron chi connectivity index (χ2n) is 4.77. The van der Waals surface area contributed by atoms with Gasteiger partial charge in [0, 0.05) is 5.02 Å². The maximum absolute atomic E-state index is 5.88. The third-order valence-corrected chi connectivity index (χ3v) is 3.77. The van der Waals surface area contributed by atoms with Crippen LogP contribution in [0.4, 0.5) is 0 Å². The fourth-order valence-corrected chi connectivity index (χ4v) is 2.27. The van der Waals surface area contributed by atoms with Crippen molar-refractivity contribution in [2.45, 2.75) is 31.3 Å². The average Bonchev–Trinajstić information content (AvgIpc) is 3.12. The molecular weight excluding hydrogens is 208 g/mol. The number of halogens is 1. The van der Waals surface area contributed by atoms with Gasteiger partial charge in [-0.1, -0.05) is 36.6 Å². The summed E-state index contributed by atoms with van der Waals surface area (Å²) in [7, 11) is 0. The third kappa shape index (κ3) is 2.04. The van der Waals surface area contributed by atoms with Crippen LogP contribution in [0.3, 0.4) is 0 Å². The monoisotopic (exact) mass is 222 g/mol. The Morgan fingerprint density at radius 2 is 1.93 bits per heavy atom. The maximum atomic E-state index is 5.88. The first-order valence-electron chi connectivity index (χ1n) is 5.69. The van der Waals surface area contributed by atoms with Gasteiger partial charge in [0.1, 0.15) is 5.60 Å². The Labute approximate surface area is 95.4 Å². The highest BCUT2D eigenvalue weighted by atomic mass is 35.5. The van der Waals surface area contributed by atoms with Gasteiger partial charge in [-0.15, -0.1) is 0 Å². The van der Waals surface area contributed by atoms with Crippen LogP contribution in [0.5, 0.6) is 0 Å². The van der Waals surface area contributed by atoms with Crippen molar-refractivity contribution in [1.82, 2.24) is 0 Å². The molecule has 1 saturated carbocycles. The number of hydrogen-bond donors (Lipinski definition) is 0. The summed E-state index contributed by atoms with van der Waals surface area (Å²) in [6.45, 7) is 0.890. The Balaban J connectivity index is 1.71. The highest BCUT2D eigenvalue weighted by Gasteiger charge is 2.46. The quantitative estimate of drug-likeness (QED) is 0.707. The molecule has 1 unspecified atom stereocenters. The van der Waals surface area contributed by atoms with Gasteiger partial charge in [-0.2, -0.15) is 0 Å².